The molecule has 0 aromatic rings. The smallest absolute Gasteiger partial charge is 0.331 e. The fourth-order valence-electron chi connectivity index (χ4n) is 4.80. The van der Waals surface area contributed by atoms with Gasteiger partial charge in [-0.2, -0.15) is 0 Å². The number of ether oxygens (including phenoxy) is 2. The fourth-order valence-corrected chi connectivity index (χ4v) is 4.80. The van der Waals surface area contributed by atoms with Crippen LogP contribution < -0.4 is 0 Å². The lowest BCUT2D eigenvalue weighted by atomic mass is 9.83. The average molecular weight is 555 g/mol. The maximum absolute atomic E-state index is 13.0. The Kier molecular flexibility index (Phi) is 15.5. The van der Waals surface area contributed by atoms with E-state index in [9.17, 15) is 19.5 Å². The fraction of sp³-hybridized carbons (Fsp3) is 0.559. The van der Waals surface area contributed by atoms with E-state index < -0.39 is 18.0 Å². The third-order valence-corrected chi connectivity index (χ3v) is 7.32. The number of aliphatic hydroxyl groups excluding tert-OH is 1. The second-order valence-corrected chi connectivity index (χ2v) is 11.3. The van der Waals surface area contributed by atoms with E-state index in [1.165, 1.54) is 24.8 Å². The van der Waals surface area contributed by atoms with Gasteiger partial charge in [0, 0.05) is 29.9 Å². The van der Waals surface area contributed by atoms with Crippen LogP contribution in [0.2, 0.25) is 0 Å². The van der Waals surface area contributed by atoms with Crippen LogP contribution in [0.1, 0.15) is 74.7 Å². The third kappa shape index (κ3) is 12.5. The van der Waals surface area contributed by atoms with Crippen molar-refractivity contribution in [3.05, 3.63) is 71.4 Å². The van der Waals surface area contributed by atoms with Crippen LogP contribution in [0, 0.1) is 29.6 Å². The molecule has 0 radical (unpaired) electrons. The van der Waals surface area contributed by atoms with E-state index in [1.54, 1.807) is 6.92 Å². The lowest BCUT2D eigenvalue weighted by molar-refractivity contribution is -0.143. The number of carbonyl (C=O) groups excluding carboxylic acids is 3. The summed E-state index contributed by atoms with van der Waals surface area (Å²) >= 11 is 0. The second kappa shape index (κ2) is 17.6. The summed E-state index contributed by atoms with van der Waals surface area (Å²) in [6.07, 6.45) is 18.3. The number of allylic oxidation sites excluding steroid dienone is 8. The summed E-state index contributed by atoms with van der Waals surface area (Å²) in [4.78, 5) is 36.0. The summed E-state index contributed by atoms with van der Waals surface area (Å²) in [6.45, 7) is 15.6. The van der Waals surface area contributed by atoms with Gasteiger partial charge in [-0.3, -0.25) is 4.79 Å². The van der Waals surface area contributed by atoms with E-state index in [1.807, 2.05) is 58.9 Å². The Morgan fingerprint density at radius 1 is 1.12 bits per heavy atom. The minimum atomic E-state index is -0.806. The number of hydrogen-bond donors (Lipinski definition) is 1. The zero-order valence-electron chi connectivity index (χ0n) is 25.8. The Balaban J connectivity index is 2.69. The molecule has 0 fully saturated rings. The van der Waals surface area contributed by atoms with Gasteiger partial charge in [-0.25, -0.2) is 9.59 Å². The predicted molar refractivity (Wildman–Crippen MR) is 161 cm³/mol. The minimum Gasteiger partial charge on any atom is -0.466 e. The first-order chi connectivity index (χ1) is 18.8. The van der Waals surface area contributed by atoms with Gasteiger partial charge in [0.15, 0.2) is 0 Å². The molecule has 1 heterocycles. The molecule has 40 heavy (non-hydrogen) atoms. The quantitative estimate of drug-likeness (QED) is 0.135. The highest BCUT2D eigenvalue weighted by Crippen LogP contribution is 2.24. The lowest BCUT2D eigenvalue weighted by Gasteiger charge is -2.25. The molecular weight excluding hydrogens is 504 g/mol. The molecule has 222 valence electrons. The van der Waals surface area contributed by atoms with Crippen LogP contribution in [0.25, 0.3) is 0 Å². The Morgan fingerprint density at radius 3 is 2.42 bits per heavy atom. The first-order valence-corrected chi connectivity index (χ1v) is 14.4. The van der Waals surface area contributed by atoms with Crippen molar-refractivity contribution in [2.24, 2.45) is 29.6 Å². The average Bonchev–Trinajstić information content (AvgIpc) is 2.90. The molecule has 6 nitrogen and oxygen atoms in total. The third-order valence-electron chi connectivity index (χ3n) is 7.32. The summed E-state index contributed by atoms with van der Waals surface area (Å²) in [5, 5.41) is 10.8. The summed E-state index contributed by atoms with van der Waals surface area (Å²) in [6, 6.07) is 0. The predicted octanol–water partition coefficient (Wildman–Crippen LogP) is 6.87. The molecule has 0 aliphatic carbocycles. The Bertz CT molecular complexity index is 1040. The van der Waals surface area contributed by atoms with E-state index >= 15 is 0 Å². The monoisotopic (exact) mass is 554 g/mol. The van der Waals surface area contributed by atoms with Crippen molar-refractivity contribution in [2.45, 2.75) is 86.9 Å². The highest BCUT2D eigenvalue weighted by molar-refractivity contribution is 5.85. The molecule has 7 atom stereocenters. The van der Waals surface area contributed by atoms with Gasteiger partial charge >= 0.3 is 11.9 Å². The number of cyclic esters (lactones) is 1. The van der Waals surface area contributed by atoms with Crippen LogP contribution in [0.4, 0.5) is 0 Å². The molecule has 0 aromatic heterocycles. The van der Waals surface area contributed by atoms with Crippen molar-refractivity contribution in [1.29, 1.82) is 0 Å². The van der Waals surface area contributed by atoms with Gasteiger partial charge in [0.1, 0.15) is 11.9 Å². The lowest BCUT2D eigenvalue weighted by Crippen LogP contribution is -2.34. The van der Waals surface area contributed by atoms with Crippen LogP contribution in [-0.2, 0) is 23.9 Å². The van der Waals surface area contributed by atoms with Gasteiger partial charge in [-0.05, 0) is 51.0 Å². The number of aliphatic hydroxyl groups is 1. The molecule has 1 rings (SSSR count). The number of Topliss-reactive ketones (excluding diaryl/α,β-unsaturated/α-hetero) is 1. The molecule has 6 heteroatoms. The van der Waals surface area contributed by atoms with E-state index in [0.717, 1.165) is 24.0 Å². The molecule has 7 unspecified atom stereocenters. The molecule has 1 aliphatic rings. The van der Waals surface area contributed by atoms with Gasteiger partial charge in [0.2, 0.25) is 0 Å². The molecule has 0 saturated heterocycles. The standard InChI is InChI=1S/C34H50O6/c1-10-29(15-16-30-25(5)14-17-31(35)40-30)20-23(3)13-11-12-22(2)18-26(6)33(37)28(8)34(38)27(7)19-24(4)21-32(36)39-9/h11-12,14-18,20-21,23,25-28,30,34,38H,10,13,19H2,1-9H3/b12-11+,16-15+,22-18+,24-21+,29-20-. The number of rotatable bonds is 15. The molecule has 0 saturated carbocycles. The van der Waals surface area contributed by atoms with E-state index in [4.69, 9.17) is 4.74 Å². The first-order valence-electron chi connectivity index (χ1n) is 14.4. The molecule has 0 amide bonds. The number of esters is 2. The summed E-state index contributed by atoms with van der Waals surface area (Å²) < 4.78 is 10.0. The summed E-state index contributed by atoms with van der Waals surface area (Å²) in [7, 11) is 1.33. The zero-order valence-corrected chi connectivity index (χ0v) is 25.8. The van der Waals surface area contributed by atoms with E-state index in [0.29, 0.717) is 12.3 Å². The number of methoxy groups -OCH3 is 1. The maximum Gasteiger partial charge on any atom is 0.331 e. The van der Waals surface area contributed by atoms with Crippen molar-refractivity contribution >= 4 is 17.7 Å². The largest absolute Gasteiger partial charge is 0.466 e. The summed E-state index contributed by atoms with van der Waals surface area (Å²) in [5.41, 5.74) is 3.00. The number of hydrogen-bond acceptors (Lipinski definition) is 6. The topological polar surface area (TPSA) is 89.9 Å². The van der Waals surface area contributed by atoms with E-state index in [-0.39, 0.29) is 35.6 Å². The van der Waals surface area contributed by atoms with Gasteiger partial charge < -0.3 is 14.6 Å². The summed E-state index contributed by atoms with van der Waals surface area (Å²) in [5.74, 6) is -1.27. The van der Waals surface area contributed by atoms with Crippen LogP contribution in [-0.4, -0.2) is 42.1 Å². The van der Waals surface area contributed by atoms with E-state index in [2.05, 4.69) is 36.8 Å². The highest BCUT2D eigenvalue weighted by Gasteiger charge is 2.29. The Labute approximate surface area is 241 Å². The Hall–Kier alpha value is -2.99. The van der Waals surface area contributed by atoms with Crippen molar-refractivity contribution in [3.8, 4) is 0 Å². The Morgan fingerprint density at radius 2 is 1.80 bits per heavy atom. The first kappa shape index (κ1) is 35.0. The molecule has 1 aliphatic heterocycles. The number of ketones is 1. The van der Waals surface area contributed by atoms with Crippen LogP contribution in [0.15, 0.2) is 71.4 Å². The molecular formula is C34H50O6. The maximum atomic E-state index is 13.0. The zero-order chi connectivity index (χ0) is 30.4. The van der Waals surface area contributed by atoms with Crippen molar-refractivity contribution in [3.63, 3.8) is 0 Å². The normalized spacial score (nSPS) is 22.6. The highest BCUT2D eigenvalue weighted by atomic mass is 16.5. The van der Waals surface area contributed by atoms with Crippen LogP contribution in [0.5, 0.6) is 0 Å². The van der Waals surface area contributed by atoms with Crippen molar-refractivity contribution in [2.75, 3.05) is 7.11 Å². The van der Waals surface area contributed by atoms with Gasteiger partial charge in [0.05, 0.1) is 13.2 Å². The molecule has 0 spiro atoms. The molecule has 1 N–H and O–H groups in total. The second-order valence-electron chi connectivity index (χ2n) is 11.3. The van der Waals surface area contributed by atoms with Crippen LogP contribution in [0.3, 0.4) is 0 Å². The molecule has 0 aromatic carbocycles. The number of carbonyl (C=O) groups is 3. The van der Waals surface area contributed by atoms with Crippen molar-refractivity contribution in [1.82, 2.24) is 0 Å². The van der Waals surface area contributed by atoms with Gasteiger partial charge in [-0.1, -0.05) is 94.7 Å². The van der Waals surface area contributed by atoms with Gasteiger partial charge in [0.25, 0.3) is 0 Å². The minimum absolute atomic E-state index is 0.00849. The van der Waals surface area contributed by atoms with Crippen LogP contribution >= 0.6 is 0 Å². The van der Waals surface area contributed by atoms with Crippen molar-refractivity contribution < 1.29 is 29.0 Å². The molecule has 0 bridgehead atoms. The van der Waals surface area contributed by atoms with Gasteiger partial charge in [-0.15, -0.1) is 0 Å². The SMILES string of the molecule is CCC(=C/C(C)C/C=C/C(C)=C/C(C)C(=O)C(C)C(O)C(C)C/C(C)=C/C(=O)OC)/C=C/C1OC(=O)C=CC1C.